The molecule has 0 bridgehead atoms. The second-order valence-corrected chi connectivity index (χ2v) is 9.74. The van der Waals surface area contributed by atoms with E-state index in [1.165, 1.54) is 19.4 Å². The number of fused-ring (bicyclic) bond motifs is 1. The summed E-state index contributed by atoms with van der Waals surface area (Å²) in [5.74, 6) is 0.0306. The topological polar surface area (TPSA) is 218 Å². The lowest BCUT2D eigenvalue weighted by Crippen LogP contribution is -2.61. The highest BCUT2D eigenvalue weighted by Gasteiger charge is 2.46. The first kappa shape index (κ1) is 29.2. The molecule has 2 fully saturated rings. The Bertz CT molecular complexity index is 1410. The van der Waals surface area contributed by atoms with E-state index in [-0.39, 0.29) is 28.9 Å². The van der Waals surface area contributed by atoms with E-state index >= 15 is 0 Å². The molecule has 0 saturated carbocycles. The SMILES string of the molecule is COc1ccc(-c2coc3cc(O[C@@H]4O[C@@H](CO[C@H]5OC[C@@H](O)[C@H](O)[C@@H]5O)[C@@H](O)[C@H](O)[C@H]4O)cc(O)c3c2=O)cc1. The van der Waals surface area contributed by atoms with Crippen LogP contribution in [-0.4, -0.2) is 111 Å². The maximum Gasteiger partial charge on any atom is 0.229 e. The number of methoxy groups -OCH3 is 1. The van der Waals surface area contributed by atoms with Gasteiger partial charge in [-0.3, -0.25) is 4.79 Å². The quantitative estimate of drug-likeness (QED) is 0.176. The molecule has 2 aromatic carbocycles. The minimum absolute atomic E-state index is 0.0304. The standard InChI is InChI=1S/C27H30O14/c1-36-12-4-2-11(3-5-12)14-8-37-17-7-13(6-15(28)19(17)20(14)30)40-27-25(35)23(33)22(32)18(41-27)10-39-26-24(34)21(31)16(29)9-38-26/h2-8,16,18,21-29,31-35H,9-10H2,1H3/t16-,18+,21+,22-,23+,24+,25-,26-,27-/m1/s1. The molecule has 2 saturated heterocycles. The summed E-state index contributed by atoms with van der Waals surface area (Å²) < 4.78 is 32.5. The Morgan fingerprint density at radius 2 is 1.59 bits per heavy atom. The molecular weight excluding hydrogens is 548 g/mol. The van der Waals surface area contributed by atoms with Gasteiger partial charge in [0.25, 0.3) is 0 Å². The van der Waals surface area contributed by atoms with E-state index in [1.807, 2.05) is 0 Å². The van der Waals surface area contributed by atoms with E-state index in [9.17, 15) is 40.5 Å². The first-order chi connectivity index (χ1) is 19.6. The Morgan fingerprint density at radius 3 is 2.29 bits per heavy atom. The fraction of sp³-hybridized carbons (Fsp3) is 0.444. The van der Waals surface area contributed by atoms with Crippen LogP contribution >= 0.6 is 0 Å². The third kappa shape index (κ3) is 5.74. The van der Waals surface area contributed by atoms with Crippen LogP contribution in [0.1, 0.15) is 0 Å². The van der Waals surface area contributed by atoms with Crippen LogP contribution in [-0.2, 0) is 14.2 Å². The summed E-state index contributed by atoms with van der Waals surface area (Å²) in [4.78, 5) is 13.2. The van der Waals surface area contributed by atoms with Crippen molar-refractivity contribution in [2.45, 2.75) is 55.3 Å². The Hall–Kier alpha value is -3.31. The fourth-order valence-electron chi connectivity index (χ4n) is 4.65. The van der Waals surface area contributed by atoms with Gasteiger partial charge in [-0.15, -0.1) is 0 Å². The average molecular weight is 579 g/mol. The molecule has 3 heterocycles. The number of phenols is 1. The number of aromatic hydroxyl groups is 1. The van der Waals surface area contributed by atoms with Crippen LogP contribution in [0.15, 0.2) is 51.9 Å². The average Bonchev–Trinajstić information content (AvgIpc) is 2.96. The number of aliphatic hydroxyl groups excluding tert-OH is 6. The number of hydrogen-bond acceptors (Lipinski definition) is 14. The molecule has 14 nitrogen and oxygen atoms in total. The molecule has 0 spiro atoms. The van der Waals surface area contributed by atoms with Gasteiger partial charge in [-0.1, -0.05) is 12.1 Å². The Labute approximate surface area is 232 Å². The van der Waals surface area contributed by atoms with Gasteiger partial charge in [0.2, 0.25) is 11.7 Å². The summed E-state index contributed by atoms with van der Waals surface area (Å²) in [6, 6.07) is 9.07. The Kier molecular flexibility index (Phi) is 8.47. The summed E-state index contributed by atoms with van der Waals surface area (Å²) >= 11 is 0. The lowest BCUT2D eigenvalue weighted by Gasteiger charge is -2.41. The third-order valence-corrected chi connectivity index (χ3v) is 7.03. The molecule has 0 amide bonds. The fourth-order valence-corrected chi connectivity index (χ4v) is 4.65. The first-order valence-electron chi connectivity index (χ1n) is 12.7. The summed E-state index contributed by atoms with van der Waals surface area (Å²) in [5.41, 5.74) is 0.203. The smallest absolute Gasteiger partial charge is 0.229 e. The minimum Gasteiger partial charge on any atom is -0.507 e. The lowest BCUT2D eigenvalue weighted by atomic mass is 9.99. The summed E-state index contributed by atoms with van der Waals surface area (Å²) in [5, 5.41) is 71.2. The van der Waals surface area contributed by atoms with E-state index in [1.54, 1.807) is 24.3 Å². The molecule has 3 aromatic rings. The zero-order valence-electron chi connectivity index (χ0n) is 21.6. The molecule has 222 valence electrons. The summed E-state index contributed by atoms with van der Waals surface area (Å²) in [7, 11) is 1.52. The van der Waals surface area contributed by atoms with Crippen LogP contribution in [0.25, 0.3) is 22.1 Å². The van der Waals surface area contributed by atoms with Crippen molar-refractivity contribution in [3.05, 3.63) is 52.9 Å². The number of rotatable bonds is 7. The molecule has 41 heavy (non-hydrogen) atoms. The molecule has 0 radical (unpaired) electrons. The van der Waals surface area contributed by atoms with Crippen molar-refractivity contribution in [3.8, 4) is 28.4 Å². The normalized spacial score (nSPS) is 32.1. The van der Waals surface area contributed by atoms with Gasteiger partial charge < -0.3 is 63.8 Å². The van der Waals surface area contributed by atoms with Crippen molar-refractivity contribution in [3.63, 3.8) is 0 Å². The van der Waals surface area contributed by atoms with Crippen LogP contribution in [0.5, 0.6) is 17.2 Å². The van der Waals surface area contributed by atoms with Crippen LogP contribution in [0.2, 0.25) is 0 Å². The summed E-state index contributed by atoms with van der Waals surface area (Å²) in [6.07, 6.45) is -12.6. The molecular formula is C27H30O14. The van der Waals surface area contributed by atoms with Gasteiger partial charge in [0, 0.05) is 12.1 Å². The highest BCUT2D eigenvalue weighted by atomic mass is 16.7. The van der Waals surface area contributed by atoms with Gasteiger partial charge in [0.1, 0.15) is 77.2 Å². The van der Waals surface area contributed by atoms with Gasteiger partial charge in [0.15, 0.2) is 6.29 Å². The van der Waals surface area contributed by atoms with E-state index in [0.717, 1.165) is 6.07 Å². The molecule has 5 rings (SSSR count). The van der Waals surface area contributed by atoms with Gasteiger partial charge in [-0.25, -0.2) is 0 Å². The molecule has 9 atom stereocenters. The van der Waals surface area contributed by atoms with Crippen molar-refractivity contribution in [2.24, 2.45) is 0 Å². The largest absolute Gasteiger partial charge is 0.507 e. The maximum atomic E-state index is 13.2. The first-order valence-corrected chi connectivity index (χ1v) is 12.7. The number of phenolic OH excluding ortho intramolecular Hbond substituents is 1. The Morgan fingerprint density at radius 1 is 0.878 bits per heavy atom. The highest BCUT2D eigenvalue weighted by Crippen LogP contribution is 2.33. The molecule has 0 aliphatic carbocycles. The zero-order valence-corrected chi connectivity index (χ0v) is 21.6. The molecule has 2 aliphatic rings. The van der Waals surface area contributed by atoms with E-state index in [4.69, 9.17) is 28.1 Å². The minimum atomic E-state index is -1.74. The van der Waals surface area contributed by atoms with Crippen molar-refractivity contribution in [2.75, 3.05) is 20.3 Å². The van der Waals surface area contributed by atoms with Crippen LogP contribution in [0, 0.1) is 0 Å². The van der Waals surface area contributed by atoms with Crippen LogP contribution in [0.4, 0.5) is 0 Å². The predicted molar refractivity (Wildman–Crippen MR) is 137 cm³/mol. The second-order valence-electron chi connectivity index (χ2n) is 9.74. The van der Waals surface area contributed by atoms with Gasteiger partial charge in [-0.2, -0.15) is 0 Å². The monoisotopic (exact) mass is 578 g/mol. The van der Waals surface area contributed by atoms with Crippen LogP contribution < -0.4 is 14.9 Å². The lowest BCUT2D eigenvalue weighted by molar-refractivity contribution is -0.307. The molecule has 14 heteroatoms. The van der Waals surface area contributed by atoms with Crippen LogP contribution in [0.3, 0.4) is 0 Å². The van der Waals surface area contributed by atoms with Gasteiger partial charge in [-0.05, 0) is 17.7 Å². The number of benzene rings is 2. The highest BCUT2D eigenvalue weighted by molar-refractivity contribution is 5.88. The van der Waals surface area contributed by atoms with Gasteiger partial charge >= 0.3 is 0 Å². The van der Waals surface area contributed by atoms with E-state index in [0.29, 0.717) is 11.3 Å². The number of hydrogen-bond donors (Lipinski definition) is 7. The van der Waals surface area contributed by atoms with Crippen molar-refractivity contribution < 1.29 is 63.8 Å². The molecule has 2 aliphatic heterocycles. The molecule has 1 aromatic heterocycles. The third-order valence-electron chi connectivity index (χ3n) is 7.03. The van der Waals surface area contributed by atoms with Crippen molar-refractivity contribution in [1.29, 1.82) is 0 Å². The second kappa shape index (κ2) is 11.9. The van der Waals surface area contributed by atoms with Crippen molar-refractivity contribution >= 4 is 11.0 Å². The molecule has 0 unspecified atom stereocenters. The van der Waals surface area contributed by atoms with E-state index < -0.39 is 73.1 Å². The predicted octanol–water partition coefficient (Wildman–Crippen LogP) is -1.18. The maximum absolute atomic E-state index is 13.2. The Balaban J connectivity index is 1.33. The molecule has 7 N–H and O–H groups in total. The number of ether oxygens (including phenoxy) is 5. The summed E-state index contributed by atoms with van der Waals surface area (Å²) in [6.45, 7) is -0.783. The zero-order chi connectivity index (χ0) is 29.4. The number of aliphatic hydroxyl groups is 6. The van der Waals surface area contributed by atoms with E-state index in [2.05, 4.69) is 0 Å². The van der Waals surface area contributed by atoms with Gasteiger partial charge in [0.05, 0.1) is 25.9 Å². The van der Waals surface area contributed by atoms with Crippen molar-refractivity contribution in [1.82, 2.24) is 0 Å².